The number of hydrogen-bond donors (Lipinski definition) is 1. The molecule has 0 unspecified atom stereocenters. The van der Waals surface area contributed by atoms with Crippen molar-refractivity contribution >= 4 is 40.2 Å². The number of carbonyl (C=O) groups excluding carboxylic acids is 2. The number of carbonyl (C=O) groups is 2. The van der Waals surface area contributed by atoms with Gasteiger partial charge in [-0.1, -0.05) is 54.1 Å². The quantitative estimate of drug-likeness (QED) is 0.215. The second-order valence-electron chi connectivity index (χ2n) is 8.24. The monoisotopic (exact) mass is 499 g/mol. The first-order valence-corrected chi connectivity index (χ1v) is 11.6. The second-order valence-corrected chi connectivity index (χ2v) is 8.67. The van der Waals surface area contributed by atoms with Crippen LogP contribution in [0, 0.1) is 6.92 Å². The number of ketones is 1. The molecule has 0 aliphatic rings. The number of benzene rings is 3. The number of rotatable bonds is 7. The van der Waals surface area contributed by atoms with E-state index < -0.39 is 11.7 Å². The molecule has 0 fully saturated rings. The Labute approximate surface area is 212 Å². The topological polar surface area (TPSA) is 86.4 Å². The van der Waals surface area contributed by atoms with Crippen LogP contribution in [0.2, 0.25) is 5.02 Å². The lowest BCUT2D eigenvalue weighted by Crippen LogP contribution is -2.23. The molecule has 3 aromatic carbocycles. The van der Waals surface area contributed by atoms with Crippen LogP contribution < -0.4 is 10.1 Å². The van der Waals surface area contributed by atoms with Gasteiger partial charge in [0.2, 0.25) is 0 Å². The number of ether oxygens (including phenoxy) is 1. The van der Waals surface area contributed by atoms with E-state index in [4.69, 9.17) is 20.8 Å². The smallest absolute Gasteiger partial charge is 0.302 e. The first-order chi connectivity index (χ1) is 17.4. The lowest BCUT2D eigenvalue weighted by Gasteiger charge is -2.09. The molecular formula is C28H22ClN3O4. The Morgan fingerprint density at radius 3 is 2.53 bits per heavy atom. The summed E-state index contributed by atoms with van der Waals surface area (Å²) in [6.07, 6.45) is 1.50. The number of fused-ring (bicyclic) bond motifs is 1. The third-order valence-corrected chi connectivity index (χ3v) is 6.25. The maximum Gasteiger partial charge on any atom is 0.302 e. The first kappa shape index (κ1) is 23.4. The normalized spacial score (nSPS) is 11.0. The van der Waals surface area contributed by atoms with Gasteiger partial charge < -0.3 is 13.7 Å². The van der Waals surface area contributed by atoms with E-state index in [9.17, 15) is 9.59 Å². The number of amides is 1. The van der Waals surface area contributed by atoms with Crippen LogP contribution in [0.15, 0.2) is 83.4 Å². The van der Waals surface area contributed by atoms with Crippen molar-refractivity contribution in [3.8, 4) is 17.1 Å². The van der Waals surface area contributed by atoms with Crippen molar-refractivity contribution in [1.29, 1.82) is 0 Å². The Morgan fingerprint density at radius 2 is 1.81 bits per heavy atom. The van der Waals surface area contributed by atoms with Crippen molar-refractivity contribution in [2.24, 2.45) is 0 Å². The number of nitrogens with zero attached hydrogens (tertiary/aromatic N) is 2. The van der Waals surface area contributed by atoms with Crippen molar-refractivity contribution in [1.82, 2.24) is 9.55 Å². The summed E-state index contributed by atoms with van der Waals surface area (Å²) in [5, 5.41) is 3.76. The van der Waals surface area contributed by atoms with Gasteiger partial charge in [-0.05, 0) is 42.8 Å². The van der Waals surface area contributed by atoms with Crippen LogP contribution in [0.1, 0.15) is 21.6 Å². The molecule has 5 rings (SSSR count). The minimum absolute atomic E-state index is 0.0488. The average Bonchev–Trinajstić information content (AvgIpc) is 3.47. The highest BCUT2D eigenvalue weighted by Gasteiger charge is 2.27. The summed E-state index contributed by atoms with van der Waals surface area (Å²) in [5.41, 5.74) is 3.58. The third kappa shape index (κ3) is 4.48. The van der Waals surface area contributed by atoms with E-state index in [2.05, 4.69) is 10.3 Å². The number of oxazole rings is 1. The Hall–Kier alpha value is -4.36. The van der Waals surface area contributed by atoms with Gasteiger partial charge in [-0.2, -0.15) is 0 Å². The van der Waals surface area contributed by atoms with Gasteiger partial charge in [0.1, 0.15) is 5.75 Å². The fourth-order valence-electron chi connectivity index (χ4n) is 4.19. The number of aromatic nitrogens is 2. The maximum atomic E-state index is 13.4. The zero-order chi connectivity index (χ0) is 25.2. The van der Waals surface area contributed by atoms with E-state index in [1.54, 1.807) is 13.2 Å². The van der Waals surface area contributed by atoms with Crippen LogP contribution in [0.3, 0.4) is 0 Å². The van der Waals surface area contributed by atoms with Gasteiger partial charge in [0, 0.05) is 33.7 Å². The van der Waals surface area contributed by atoms with Gasteiger partial charge >= 0.3 is 6.01 Å². The summed E-state index contributed by atoms with van der Waals surface area (Å²) in [6, 6.07) is 22.3. The Balaban J connectivity index is 1.48. The van der Waals surface area contributed by atoms with Crippen molar-refractivity contribution in [2.45, 2.75) is 13.5 Å². The molecule has 1 N–H and O–H groups in total. The minimum Gasteiger partial charge on any atom is -0.497 e. The summed E-state index contributed by atoms with van der Waals surface area (Å²) >= 11 is 6.04. The molecule has 8 heteroatoms. The molecule has 0 saturated carbocycles. The van der Waals surface area contributed by atoms with Crippen LogP contribution in [-0.2, 0) is 11.3 Å². The van der Waals surface area contributed by atoms with Gasteiger partial charge in [0.25, 0.3) is 11.7 Å². The highest BCUT2D eigenvalue weighted by atomic mass is 35.5. The molecule has 2 heterocycles. The van der Waals surface area contributed by atoms with Gasteiger partial charge in [-0.15, -0.1) is 0 Å². The number of Topliss-reactive ketones (excluding diaryl/α,β-unsaturated/α-hetero) is 1. The van der Waals surface area contributed by atoms with Crippen molar-refractivity contribution in [3.05, 3.63) is 101 Å². The molecule has 0 spiro atoms. The van der Waals surface area contributed by atoms with Gasteiger partial charge in [0.15, 0.2) is 5.76 Å². The van der Waals surface area contributed by atoms with Gasteiger partial charge in [0.05, 0.1) is 18.9 Å². The SMILES string of the molecule is COc1ccc2c(c1)c(C(=O)C(=O)Nc1ncc(-c3ccccc3)o1)c(C)n2Cc1ccc(Cl)cc1. The largest absolute Gasteiger partial charge is 0.497 e. The first-order valence-electron chi connectivity index (χ1n) is 11.2. The molecule has 0 saturated heterocycles. The lowest BCUT2D eigenvalue weighted by atomic mass is 10.1. The lowest BCUT2D eigenvalue weighted by molar-refractivity contribution is -0.112. The average molecular weight is 500 g/mol. The number of anilines is 1. The molecule has 5 aromatic rings. The molecule has 7 nitrogen and oxygen atoms in total. The predicted molar refractivity (Wildman–Crippen MR) is 139 cm³/mol. The summed E-state index contributed by atoms with van der Waals surface area (Å²) in [4.78, 5) is 30.5. The molecule has 0 aliphatic carbocycles. The number of halogens is 1. The number of nitrogens with one attached hydrogen (secondary N) is 1. The summed E-state index contributed by atoms with van der Waals surface area (Å²) in [7, 11) is 1.56. The highest BCUT2D eigenvalue weighted by molar-refractivity contribution is 6.48. The molecule has 0 aliphatic heterocycles. The number of methoxy groups -OCH3 is 1. The molecule has 0 radical (unpaired) electrons. The van der Waals surface area contributed by atoms with Crippen LogP contribution >= 0.6 is 11.6 Å². The maximum absolute atomic E-state index is 13.4. The zero-order valence-corrected chi connectivity index (χ0v) is 20.4. The van der Waals surface area contributed by atoms with Gasteiger partial charge in [-0.25, -0.2) is 4.98 Å². The van der Waals surface area contributed by atoms with E-state index in [0.717, 1.165) is 16.6 Å². The van der Waals surface area contributed by atoms with Crippen LogP contribution in [0.4, 0.5) is 6.01 Å². The van der Waals surface area contributed by atoms with Crippen molar-refractivity contribution < 1.29 is 18.7 Å². The molecule has 180 valence electrons. The molecule has 2 aromatic heterocycles. The highest BCUT2D eigenvalue weighted by Crippen LogP contribution is 2.31. The standard InChI is InChI=1S/C28H22ClN3O4/c1-17-25(26(33)27(34)31-28-30-15-24(36-28)19-6-4-3-5-7-19)22-14-21(35-2)12-13-23(22)32(17)16-18-8-10-20(29)11-9-18/h3-15H,16H2,1-2H3,(H,30,31,34). The van der Waals surface area contributed by atoms with E-state index >= 15 is 0 Å². The summed E-state index contributed by atoms with van der Waals surface area (Å²) in [6.45, 7) is 2.32. The van der Waals surface area contributed by atoms with Crippen LogP contribution in [0.25, 0.3) is 22.2 Å². The summed E-state index contributed by atoms with van der Waals surface area (Å²) < 4.78 is 13.0. The Kier molecular flexibility index (Phi) is 6.31. The molecule has 0 atom stereocenters. The van der Waals surface area contributed by atoms with E-state index in [-0.39, 0.29) is 6.01 Å². The van der Waals surface area contributed by atoms with Crippen LogP contribution in [-0.4, -0.2) is 28.4 Å². The fraction of sp³-hybridized carbons (Fsp3) is 0.107. The zero-order valence-electron chi connectivity index (χ0n) is 19.6. The Morgan fingerprint density at radius 1 is 1.06 bits per heavy atom. The summed E-state index contributed by atoms with van der Waals surface area (Å²) in [5.74, 6) is -0.465. The minimum atomic E-state index is -0.840. The third-order valence-electron chi connectivity index (χ3n) is 6.00. The van der Waals surface area contributed by atoms with E-state index in [1.165, 1.54) is 6.20 Å². The fourth-order valence-corrected chi connectivity index (χ4v) is 4.31. The molecular weight excluding hydrogens is 478 g/mol. The van der Waals surface area contributed by atoms with Gasteiger partial charge in [-0.3, -0.25) is 14.9 Å². The Bertz CT molecular complexity index is 1570. The van der Waals surface area contributed by atoms with Crippen molar-refractivity contribution in [2.75, 3.05) is 12.4 Å². The molecule has 0 bridgehead atoms. The molecule has 36 heavy (non-hydrogen) atoms. The van der Waals surface area contributed by atoms with Crippen molar-refractivity contribution in [3.63, 3.8) is 0 Å². The van der Waals surface area contributed by atoms with E-state index in [0.29, 0.717) is 39.7 Å². The second kappa shape index (κ2) is 9.71. The predicted octanol–water partition coefficient (Wildman–Crippen LogP) is 6.14. The van der Waals surface area contributed by atoms with E-state index in [1.807, 2.05) is 78.2 Å². The number of hydrogen-bond acceptors (Lipinski definition) is 5. The van der Waals surface area contributed by atoms with Crippen LogP contribution in [0.5, 0.6) is 5.75 Å². The molecule has 1 amide bonds.